The number of piperazine rings is 1. The predicted molar refractivity (Wildman–Crippen MR) is 133 cm³/mol. The Kier molecular flexibility index (Phi) is 6.66. The van der Waals surface area contributed by atoms with E-state index in [1.165, 1.54) is 10.7 Å². The maximum atomic E-state index is 13.4. The largest absolute Gasteiger partial charge is 0.377 e. The summed E-state index contributed by atoms with van der Waals surface area (Å²) < 4.78 is 62.3. The number of hydrogen-bond donors (Lipinski definition) is 1. The van der Waals surface area contributed by atoms with Gasteiger partial charge in [0.25, 0.3) is 6.43 Å². The molecule has 2 aliphatic rings. The molecule has 0 bridgehead atoms. The van der Waals surface area contributed by atoms with Crippen molar-refractivity contribution in [1.29, 1.82) is 0 Å². The average molecular weight is 556 g/mol. The molecule has 0 radical (unpaired) electrons. The summed E-state index contributed by atoms with van der Waals surface area (Å²) in [5, 5.41) is 12.0. The smallest absolute Gasteiger partial charge is 0.291 e. The van der Waals surface area contributed by atoms with Gasteiger partial charge in [0.15, 0.2) is 5.01 Å². The Balaban J connectivity index is 1.57. The summed E-state index contributed by atoms with van der Waals surface area (Å²) >= 11 is 0.686. The zero-order valence-electron chi connectivity index (χ0n) is 20.5. The molecule has 0 saturated carbocycles. The Labute approximate surface area is 216 Å². The van der Waals surface area contributed by atoms with Crippen LogP contribution in [-0.4, -0.2) is 84.1 Å². The van der Waals surface area contributed by atoms with Gasteiger partial charge in [-0.05, 0) is 19.1 Å². The van der Waals surface area contributed by atoms with Gasteiger partial charge in [0.1, 0.15) is 0 Å². The van der Waals surface area contributed by atoms with E-state index >= 15 is 0 Å². The van der Waals surface area contributed by atoms with E-state index in [-0.39, 0.29) is 35.1 Å². The molecular formula is C22H27F2N7O4S2. The fraction of sp³-hybridized carbons (Fsp3) is 0.545. The number of alkyl halides is 2. The standard InChI is InChI=1S/C22H27F2N7O4S2/c1-13(2)20(32)30-6-4-29(5-7-30)16-8-14(37(33,34)28-22(3)11-35-12-22)9-17-15(16)10-25-31(17)21-27-26-19(36-21)18(23)24/h8-10,13,18,28H,4-7,11-12H2,1-3H3. The van der Waals surface area contributed by atoms with E-state index in [1.807, 2.05) is 18.7 Å². The van der Waals surface area contributed by atoms with Crippen molar-refractivity contribution in [1.82, 2.24) is 29.6 Å². The molecule has 37 heavy (non-hydrogen) atoms. The number of nitrogens with zero attached hydrogens (tertiary/aromatic N) is 6. The molecule has 1 amide bonds. The van der Waals surface area contributed by atoms with Crippen LogP contribution in [0.1, 0.15) is 32.2 Å². The third-order valence-electron chi connectivity index (χ3n) is 6.40. The molecule has 1 aromatic carbocycles. The zero-order valence-corrected chi connectivity index (χ0v) is 22.2. The van der Waals surface area contributed by atoms with Gasteiger partial charge in [-0.25, -0.2) is 26.6 Å². The first kappa shape index (κ1) is 25.9. The average Bonchev–Trinajstić information content (AvgIpc) is 3.49. The molecule has 2 saturated heterocycles. The maximum absolute atomic E-state index is 13.4. The first-order chi connectivity index (χ1) is 17.5. The van der Waals surface area contributed by atoms with Crippen molar-refractivity contribution in [3.05, 3.63) is 23.3 Å². The summed E-state index contributed by atoms with van der Waals surface area (Å²) in [5.74, 6) is -0.0434. The lowest BCUT2D eigenvalue weighted by Crippen LogP contribution is -2.59. The number of halogens is 2. The van der Waals surface area contributed by atoms with Gasteiger partial charge in [0.05, 0.1) is 35.4 Å². The van der Waals surface area contributed by atoms with Crippen LogP contribution in [0.3, 0.4) is 0 Å². The van der Waals surface area contributed by atoms with Crippen LogP contribution in [0.2, 0.25) is 0 Å². The number of nitrogens with one attached hydrogen (secondary N) is 1. The molecule has 0 spiro atoms. The number of amides is 1. The first-order valence-corrected chi connectivity index (χ1v) is 14.1. The van der Waals surface area contributed by atoms with Crippen LogP contribution in [0.5, 0.6) is 0 Å². The van der Waals surface area contributed by atoms with Crippen LogP contribution in [0.4, 0.5) is 14.5 Å². The second kappa shape index (κ2) is 9.53. The highest BCUT2D eigenvalue weighted by Gasteiger charge is 2.38. The summed E-state index contributed by atoms with van der Waals surface area (Å²) in [6, 6.07) is 3.04. The zero-order chi connectivity index (χ0) is 26.5. The van der Waals surface area contributed by atoms with Gasteiger partial charge in [-0.3, -0.25) is 4.79 Å². The molecule has 2 aliphatic heterocycles. The Morgan fingerprint density at radius 3 is 2.43 bits per heavy atom. The molecule has 0 atom stereocenters. The second-order valence-electron chi connectivity index (χ2n) is 9.78. The third kappa shape index (κ3) is 4.92. The molecule has 0 aliphatic carbocycles. The molecule has 2 fully saturated rings. The van der Waals surface area contributed by atoms with Crippen molar-refractivity contribution in [2.75, 3.05) is 44.3 Å². The highest BCUT2D eigenvalue weighted by atomic mass is 32.2. The van der Waals surface area contributed by atoms with Crippen molar-refractivity contribution in [3.8, 4) is 5.13 Å². The minimum atomic E-state index is -3.97. The van der Waals surface area contributed by atoms with Crippen LogP contribution >= 0.6 is 11.3 Å². The molecule has 4 heterocycles. The monoisotopic (exact) mass is 555 g/mol. The second-order valence-corrected chi connectivity index (χ2v) is 12.5. The fourth-order valence-electron chi connectivity index (χ4n) is 4.44. The predicted octanol–water partition coefficient (Wildman–Crippen LogP) is 2.19. The van der Waals surface area contributed by atoms with Gasteiger partial charge < -0.3 is 14.5 Å². The lowest BCUT2D eigenvalue weighted by atomic mass is 10.0. The normalized spacial score (nSPS) is 18.1. The molecule has 0 unspecified atom stereocenters. The minimum absolute atomic E-state index is 0.00385. The van der Waals surface area contributed by atoms with Crippen molar-refractivity contribution in [2.45, 2.75) is 37.6 Å². The molecular weight excluding hydrogens is 528 g/mol. The van der Waals surface area contributed by atoms with E-state index in [1.54, 1.807) is 24.1 Å². The molecule has 5 rings (SSSR count). The molecule has 3 aromatic rings. The summed E-state index contributed by atoms with van der Waals surface area (Å²) in [6.45, 7) is 7.96. The van der Waals surface area contributed by atoms with Crippen molar-refractivity contribution in [2.24, 2.45) is 5.92 Å². The molecule has 11 nitrogen and oxygen atoms in total. The highest BCUT2D eigenvalue weighted by Crippen LogP contribution is 2.34. The van der Waals surface area contributed by atoms with E-state index in [0.29, 0.717) is 54.1 Å². The van der Waals surface area contributed by atoms with E-state index in [4.69, 9.17) is 4.74 Å². The van der Waals surface area contributed by atoms with Gasteiger partial charge in [-0.2, -0.15) is 5.10 Å². The number of aromatic nitrogens is 4. The van der Waals surface area contributed by atoms with E-state index in [9.17, 15) is 22.0 Å². The number of fused-ring (bicyclic) bond motifs is 1. The molecule has 1 N–H and O–H groups in total. The lowest BCUT2D eigenvalue weighted by Gasteiger charge is -2.38. The number of sulfonamides is 1. The Morgan fingerprint density at radius 1 is 1.16 bits per heavy atom. The number of benzene rings is 1. The van der Waals surface area contributed by atoms with Crippen molar-refractivity contribution in [3.63, 3.8) is 0 Å². The Bertz CT molecular complexity index is 1430. The van der Waals surface area contributed by atoms with Crippen LogP contribution in [0, 0.1) is 5.92 Å². The number of carbonyl (C=O) groups excluding carboxylic acids is 1. The van der Waals surface area contributed by atoms with Gasteiger partial charge in [0, 0.05) is 43.2 Å². The number of anilines is 1. The van der Waals surface area contributed by atoms with Crippen molar-refractivity contribution < 1.29 is 26.7 Å². The van der Waals surface area contributed by atoms with E-state index < -0.39 is 27.0 Å². The van der Waals surface area contributed by atoms with Crippen LogP contribution in [0.25, 0.3) is 16.0 Å². The first-order valence-electron chi connectivity index (χ1n) is 11.8. The summed E-state index contributed by atoms with van der Waals surface area (Å²) in [5.41, 5.74) is 0.294. The quantitative estimate of drug-likeness (QED) is 0.471. The van der Waals surface area contributed by atoms with E-state index in [0.717, 1.165) is 0 Å². The van der Waals surface area contributed by atoms with Crippen LogP contribution < -0.4 is 9.62 Å². The lowest BCUT2D eigenvalue weighted by molar-refractivity contribution is -0.134. The summed E-state index contributed by atoms with van der Waals surface area (Å²) in [6.07, 6.45) is -1.22. The topological polar surface area (TPSA) is 123 Å². The Morgan fingerprint density at radius 2 is 1.86 bits per heavy atom. The van der Waals surface area contributed by atoms with Gasteiger partial charge >= 0.3 is 0 Å². The van der Waals surface area contributed by atoms with Gasteiger partial charge in [0.2, 0.25) is 21.1 Å². The molecule has 200 valence electrons. The van der Waals surface area contributed by atoms with Gasteiger partial charge in [-0.1, -0.05) is 25.2 Å². The summed E-state index contributed by atoms with van der Waals surface area (Å²) in [4.78, 5) is 16.3. The maximum Gasteiger partial charge on any atom is 0.291 e. The Hall–Kier alpha value is -2.75. The minimum Gasteiger partial charge on any atom is -0.377 e. The molecule has 15 heteroatoms. The van der Waals surface area contributed by atoms with E-state index in [2.05, 4.69) is 20.0 Å². The number of rotatable bonds is 7. The van der Waals surface area contributed by atoms with Gasteiger partial charge in [-0.15, -0.1) is 10.2 Å². The summed E-state index contributed by atoms with van der Waals surface area (Å²) in [7, 11) is -3.97. The number of ether oxygens (including phenoxy) is 1. The molecule has 2 aromatic heterocycles. The SMILES string of the molecule is CC(C)C(=O)N1CCN(c2cc(S(=O)(=O)NC3(C)COC3)cc3c2cnn3-c2nnc(C(F)F)s2)CC1. The fourth-order valence-corrected chi connectivity index (χ4v) is 6.53. The van der Waals surface area contributed by atoms with Crippen LogP contribution in [-0.2, 0) is 19.6 Å². The van der Waals surface area contributed by atoms with Crippen LogP contribution in [0.15, 0.2) is 23.2 Å². The highest BCUT2D eigenvalue weighted by molar-refractivity contribution is 7.89. The number of carbonyl (C=O) groups is 1. The number of hydrogen-bond acceptors (Lipinski definition) is 9. The third-order valence-corrected chi connectivity index (χ3v) is 8.92. The van der Waals surface area contributed by atoms with Crippen molar-refractivity contribution >= 4 is 43.9 Å².